The van der Waals surface area contributed by atoms with E-state index in [9.17, 15) is 13.2 Å². The third kappa shape index (κ3) is 6.19. The Hall–Kier alpha value is -1.60. The van der Waals surface area contributed by atoms with Crippen LogP contribution in [0.2, 0.25) is 0 Å². The summed E-state index contributed by atoms with van der Waals surface area (Å²) in [5.41, 5.74) is 1.13. The summed E-state index contributed by atoms with van der Waals surface area (Å²) in [6.45, 7) is 3.04. The summed E-state index contributed by atoms with van der Waals surface area (Å²) in [4.78, 5) is 11.7. The Morgan fingerprint density at radius 1 is 1.35 bits per heavy atom. The molecule has 0 saturated carbocycles. The molecule has 1 aliphatic heterocycles. The first-order valence-electron chi connectivity index (χ1n) is 7.87. The number of carbonyl (C=O) groups excluding carboxylic acids is 1. The average molecular weight is 340 g/mol. The van der Waals surface area contributed by atoms with E-state index in [0.717, 1.165) is 5.56 Å². The zero-order chi connectivity index (χ0) is 16.7. The maximum Gasteiger partial charge on any atom is 0.315 e. The van der Waals surface area contributed by atoms with E-state index >= 15 is 0 Å². The van der Waals surface area contributed by atoms with Gasteiger partial charge in [0.2, 0.25) is 0 Å². The minimum absolute atomic E-state index is 0.0220. The molecule has 2 amide bonds. The number of urea groups is 1. The van der Waals surface area contributed by atoms with Gasteiger partial charge in [-0.05, 0) is 25.3 Å². The summed E-state index contributed by atoms with van der Waals surface area (Å²) in [6, 6.07) is 9.37. The zero-order valence-corrected chi connectivity index (χ0v) is 14.1. The van der Waals surface area contributed by atoms with Gasteiger partial charge in [-0.3, -0.25) is 0 Å². The van der Waals surface area contributed by atoms with Gasteiger partial charge >= 0.3 is 6.03 Å². The molecule has 0 aliphatic carbocycles. The number of ether oxygens (including phenoxy) is 1. The third-order valence-electron chi connectivity index (χ3n) is 3.81. The van der Waals surface area contributed by atoms with Gasteiger partial charge in [0, 0.05) is 19.2 Å². The Labute approximate surface area is 137 Å². The molecule has 0 spiro atoms. The van der Waals surface area contributed by atoms with Crippen molar-refractivity contribution >= 4 is 15.9 Å². The standard InChI is InChI=1S/C16H24N2O4S/c1-13(14-6-3-2-4-7-14)22-10-5-9-17-16(19)18-15-8-11-23(20,21)12-15/h2-4,6-7,13,15H,5,8-12H2,1H3,(H2,17,18,19). The van der Waals surface area contributed by atoms with Crippen LogP contribution in [0.3, 0.4) is 0 Å². The van der Waals surface area contributed by atoms with Crippen molar-refractivity contribution in [3.05, 3.63) is 35.9 Å². The molecule has 2 atom stereocenters. The molecule has 0 aromatic heterocycles. The Kier molecular flexibility index (Phi) is 6.41. The van der Waals surface area contributed by atoms with Gasteiger partial charge in [0.1, 0.15) is 0 Å². The summed E-state index contributed by atoms with van der Waals surface area (Å²) < 4.78 is 28.3. The van der Waals surface area contributed by atoms with Gasteiger partial charge in [-0.25, -0.2) is 13.2 Å². The normalized spacial score (nSPS) is 20.8. The maximum absolute atomic E-state index is 11.7. The number of benzene rings is 1. The van der Waals surface area contributed by atoms with E-state index in [0.29, 0.717) is 26.0 Å². The summed E-state index contributed by atoms with van der Waals surface area (Å²) in [5, 5.41) is 5.42. The van der Waals surface area contributed by atoms with Crippen LogP contribution >= 0.6 is 0 Å². The van der Waals surface area contributed by atoms with Crippen LogP contribution in [0.4, 0.5) is 4.79 Å². The van der Waals surface area contributed by atoms with Crippen molar-refractivity contribution in [1.82, 2.24) is 10.6 Å². The molecule has 128 valence electrons. The van der Waals surface area contributed by atoms with Crippen molar-refractivity contribution in [2.24, 2.45) is 0 Å². The first-order valence-corrected chi connectivity index (χ1v) is 9.70. The second-order valence-electron chi connectivity index (χ2n) is 5.78. The van der Waals surface area contributed by atoms with Crippen LogP contribution in [0.5, 0.6) is 0 Å². The molecule has 0 radical (unpaired) electrons. The fraction of sp³-hybridized carbons (Fsp3) is 0.562. The van der Waals surface area contributed by atoms with E-state index in [1.807, 2.05) is 37.3 Å². The van der Waals surface area contributed by atoms with Crippen molar-refractivity contribution in [3.8, 4) is 0 Å². The minimum Gasteiger partial charge on any atom is -0.374 e. The molecule has 1 aromatic carbocycles. The van der Waals surface area contributed by atoms with Crippen LogP contribution in [0.15, 0.2) is 30.3 Å². The molecular weight excluding hydrogens is 316 g/mol. The average Bonchev–Trinajstić information content (AvgIpc) is 2.86. The SMILES string of the molecule is CC(OCCCNC(=O)NC1CCS(=O)(=O)C1)c1ccccc1. The van der Waals surface area contributed by atoms with E-state index in [-0.39, 0.29) is 29.7 Å². The monoisotopic (exact) mass is 340 g/mol. The largest absolute Gasteiger partial charge is 0.374 e. The number of carbonyl (C=O) groups is 1. The van der Waals surface area contributed by atoms with E-state index in [2.05, 4.69) is 10.6 Å². The molecule has 1 heterocycles. The lowest BCUT2D eigenvalue weighted by molar-refractivity contribution is 0.0644. The van der Waals surface area contributed by atoms with Crippen molar-refractivity contribution in [2.75, 3.05) is 24.7 Å². The van der Waals surface area contributed by atoms with Crippen molar-refractivity contribution in [1.29, 1.82) is 0 Å². The molecule has 7 heteroatoms. The molecule has 0 bridgehead atoms. The summed E-state index contributed by atoms with van der Waals surface area (Å²) >= 11 is 0. The van der Waals surface area contributed by atoms with Crippen LogP contribution in [0.1, 0.15) is 31.4 Å². The van der Waals surface area contributed by atoms with Crippen LogP contribution in [0, 0.1) is 0 Å². The van der Waals surface area contributed by atoms with Gasteiger partial charge in [0.05, 0.1) is 17.6 Å². The molecule has 1 saturated heterocycles. The molecule has 2 N–H and O–H groups in total. The lowest BCUT2D eigenvalue weighted by atomic mass is 10.1. The van der Waals surface area contributed by atoms with Gasteiger partial charge in [-0.15, -0.1) is 0 Å². The predicted octanol–water partition coefficient (Wildman–Crippen LogP) is 1.64. The Bertz CT molecular complexity index is 604. The van der Waals surface area contributed by atoms with Crippen LogP contribution in [0.25, 0.3) is 0 Å². The Morgan fingerprint density at radius 3 is 2.74 bits per heavy atom. The lowest BCUT2D eigenvalue weighted by Gasteiger charge is -2.14. The number of sulfone groups is 1. The second-order valence-corrected chi connectivity index (χ2v) is 8.01. The van der Waals surface area contributed by atoms with E-state index in [1.165, 1.54) is 0 Å². The highest BCUT2D eigenvalue weighted by molar-refractivity contribution is 7.91. The highest BCUT2D eigenvalue weighted by atomic mass is 32.2. The second kappa shape index (κ2) is 8.31. The summed E-state index contributed by atoms with van der Waals surface area (Å²) in [5.74, 6) is 0.196. The molecule has 23 heavy (non-hydrogen) atoms. The lowest BCUT2D eigenvalue weighted by Crippen LogP contribution is -2.43. The Morgan fingerprint density at radius 2 is 2.09 bits per heavy atom. The van der Waals surface area contributed by atoms with Crippen LogP contribution < -0.4 is 10.6 Å². The summed E-state index contributed by atoms with van der Waals surface area (Å²) in [7, 11) is -2.97. The molecule has 2 rings (SSSR count). The highest BCUT2D eigenvalue weighted by Crippen LogP contribution is 2.15. The van der Waals surface area contributed by atoms with Gasteiger partial charge in [0.25, 0.3) is 0 Å². The fourth-order valence-corrected chi connectivity index (χ4v) is 4.17. The number of hydrogen-bond donors (Lipinski definition) is 2. The predicted molar refractivity (Wildman–Crippen MR) is 89.0 cm³/mol. The van der Waals surface area contributed by atoms with E-state index in [1.54, 1.807) is 0 Å². The van der Waals surface area contributed by atoms with Crippen LogP contribution in [-0.2, 0) is 14.6 Å². The van der Waals surface area contributed by atoms with Gasteiger partial charge < -0.3 is 15.4 Å². The van der Waals surface area contributed by atoms with E-state index < -0.39 is 9.84 Å². The molecule has 1 aromatic rings. The maximum atomic E-state index is 11.7. The minimum atomic E-state index is -2.97. The molecule has 2 unspecified atom stereocenters. The molecule has 1 aliphatic rings. The van der Waals surface area contributed by atoms with Crippen molar-refractivity contribution in [3.63, 3.8) is 0 Å². The van der Waals surface area contributed by atoms with Crippen LogP contribution in [-0.4, -0.2) is 45.1 Å². The zero-order valence-electron chi connectivity index (χ0n) is 13.3. The number of hydrogen-bond acceptors (Lipinski definition) is 4. The molecule has 1 fully saturated rings. The molecular formula is C16H24N2O4S. The van der Waals surface area contributed by atoms with Gasteiger partial charge in [-0.2, -0.15) is 0 Å². The van der Waals surface area contributed by atoms with Gasteiger partial charge in [0.15, 0.2) is 9.84 Å². The van der Waals surface area contributed by atoms with Crippen molar-refractivity contribution in [2.45, 2.75) is 31.9 Å². The van der Waals surface area contributed by atoms with E-state index in [4.69, 9.17) is 4.74 Å². The third-order valence-corrected chi connectivity index (χ3v) is 5.58. The number of nitrogens with one attached hydrogen (secondary N) is 2. The topological polar surface area (TPSA) is 84.5 Å². The first-order chi connectivity index (χ1) is 11.0. The Balaban J connectivity index is 1.56. The summed E-state index contributed by atoms with van der Waals surface area (Å²) in [6.07, 6.45) is 1.22. The number of rotatable bonds is 7. The fourth-order valence-electron chi connectivity index (χ4n) is 2.50. The smallest absolute Gasteiger partial charge is 0.315 e. The van der Waals surface area contributed by atoms with Gasteiger partial charge in [-0.1, -0.05) is 30.3 Å². The van der Waals surface area contributed by atoms with Crippen molar-refractivity contribution < 1.29 is 17.9 Å². The highest BCUT2D eigenvalue weighted by Gasteiger charge is 2.28. The quantitative estimate of drug-likeness (QED) is 0.739. The molecule has 6 nitrogen and oxygen atoms in total. The number of amides is 2. The first kappa shape index (κ1) is 17.7.